The van der Waals surface area contributed by atoms with Gasteiger partial charge in [-0.3, -0.25) is 4.79 Å². The van der Waals surface area contributed by atoms with Gasteiger partial charge in [0.1, 0.15) is 0 Å². The lowest BCUT2D eigenvalue weighted by Gasteiger charge is -2.17. The van der Waals surface area contributed by atoms with Crippen LogP contribution in [-0.2, 0) is 4.79 Å². The van der Waals surface area contributed by atoms with E-state index in [0.717, 1.165) is 17.4 Å². The molecule has 1 N–H and O–H groups in total. The summed E-state index contributed by atoms with van der Waals surface area (Å²) in [7, 11) is 0. The maximum Gasteiger partial charge on any atom is 0.240 e. The molecule has 0 spiro atoms. The van der Waals surface area contributed by atoms with Gasteiger partial charge in [0.15, 0.2) is 0 Å². The fraction of sp³-hybridized carbons (Fsp3) is 0.700. The molecule has 0 aromatic rings. The summed E-state index contributed by atoms with van der Waals surface area (Å²) < 4.78 is 0.857. The summed E-state index contributed by atoms with van der Waals surface area (Å²) in [5, 5.41) is 3.26. The molecule has 1 heterocycles. The van der Waals surface area contributed by atoms with Gasteiger partial charge in [-0.1, -0.05) is 36.4 Å². The minimum absolute atomic E-state index is 0.00171. The van der Waals surface area contributed by atoms with Gasteiger partial charge in [0.2, 0.25) is 5.91 Å². The molecule has 3 nitrogen and oxygen atoms in total. The average Bonchev–Trinajstić information content (AvgIpc) is 2.34. The molecule has 0 aliphatic carbocycles. The van der Waals surface area contributed by atoms with Gasteiger partial charge in [-0.05, 0) is 6.42 Å². The van der Waals surface area contributed by atoms with E-state index in [-0.39, 0.29) is 11.9 Å². The summed E-state index contributed by atoms with van der Waals surface area (Å²) in [5.41, 5.74) is 0. The van der Waals surface area contributed by atoms with Crippen molar-refractivity contribution in [1.82, 2.24) is 10.2 Å². The number of rotatable bonds is 4. The number of nitrogens with one attached hydrogen (secondary N) is 1. The van der Waals surface area contributed by atoms with Crippen LogP contribution < -0.4 is 5.32 Å². The first-order valence-corrected chi connectivity index (χ1v) is 5.68. The molecule has 1 aliphatic heterocycles. The summed E-state index contributed by atoms with van der Waals surface area (Å²) in [4.78, 5) is 13.6. The Morgan fingerprint density at radius 2 is 2.43 bits per heavy atom. The second-order valence-corrected chi connectivity index (χ2v) is 5.06. The largest absolute Gasteiger partial charge is 0.336 e. The van der Waals surface area contributed by atoms with E-state index in [1.807, 2.05) is 4.90 Å². The summed E-state index contributed by atoms with van der Waals surface area (Å²) in [5.74, 6) is 0.194. The van der Waals surface area contributed by atoms with Crippen LogP contribution in [0.1, 0.15) is 20.3 Å². The van der Waals surface area contributed by atoms with Crippen LogP contribution in [0.25, 0.3) is 0 Å². The zero-order chi connectivity index (χ0) is 10.7. The second-order valence-electron chi connectivity index (χ2n) is 3.94. The topological polar surface area (TPSA) is 32.3 Å². The van der Waals surface area contributed by atoms with Crippen molar-refractivity contribution in [3.63, 3.8) is 0 Å². The predicted molar refractivity (Wildman–Crippen MR) is 61.3 cm³/mol. The van der Waals surface area contributed by atoms with Crippen molar-refractivity contribution in [1.29, 1.82) is 0 Å². The van der Waals surface area contributed by atoms with Crippen molar-refractivity contribution in [3.05, 3.63) is 11.1 Å². The first kappa shape index (κ1) is 11.7. The van der Waals surface area contributed by atoms with Gasteiger partial charge in [-0.2, -0.15) is 0 Å². The van der Waals surface area contributed by atoms with Crippen molar-refractivity contribution in [2.24, 2.45) is 0 Å². The van der Waals surface area contributed by atoms with Crippen LogP contribution in [0.4, 0.5) is 0 Å². The van der Waals surface area contributed by atoms with Gasteiger partial charge in [-0.25, -0.2) is 0 Å². The lowest BCUT2D eigenvalue weighted by Crippen LogP contribution is -2.41. The molecule has 1 rings (SSSR count). The van der Waals surface area contributed by atoms with E-state index in [1.165, 1.54) is 0 Å². The van der Waals surface area contributed by atoms with E-state index in [1.54, 1.807) is 0 Å². The number of likely N-dealkylation sites (tertiary alicyclic amines) is 1. The number of nitrogens with zero attached hydrogens (tertiary/aromatic N) is 1. The van der Waals surface area contributed by atoms with E-state index in [0.29, 0.717) is 12.6 Å². The summed E-state index contributed by atoms with van der Waals surface area (Å²) in [6, 6.07) is 0.359. The van der Waals surface area contributed by atoms with Crippen LogP contribution in [0, 0.1) is 0 Å². The Hall–Kier alpha value is -0.350. The number of hydrogen-bond acceptors (Lipinski definition) is 2. The van der Waals surface area contributed by atoms with Crippen LogP contribution >= 0.6 is 15.9 Å². The first-order chi connectivity index (χ1) is 6.50. The van der Waals surface area contributed by atoms with Crippen LogP contribution in [0.15, 0.2) is 11.1 Å². The summed E-state index contributed by atoms with van der Waals surface area (Å²) in [6.07, 6.45) is 0.900. The number of carbonyl (C=O) groups is 1. The van der Waals surface area contributed by atoms with E-state index >= 15 is 0 Å². The van der Waals surface area contributed by atoms with E-state index in [4.69, 9.17) is 0 Å². The maximum absolute atomic E-state index is 11.8. The van der Waals surface area contributed by atoms with Crippen LogP contribution in [0.3, 0.4) is 0 Å². The predicted octanol–water partition coefficient (Wildman–Crippen LogP) is 1.49. The Bertz CT molecular complexity index is 240. The van der Waals surface area contributed by atoms with Crippen molar-refractivity contribution in [2.45, 2.75) is 32.4 Å². The Balaban J connectivity index is 2.47. The molecule has 1 aliphatic rings. The monoisotopic (exact) mass is 260 g/mol. The fourth-order valence-corrected chi connectivity index (χ4v) is 1.96. The van der Waals surface area contributed by atoms with Crippen molar-refractivity contribution in [2.75, 3.05) is 13.1 Å². The molecule has 0 saturated carbocycles. The fourth-order valence-electron chi connectivity index (χ4n) is 1.66. The molecule has 0 aromatic heterocycles. The molecule has 80 valence electrons. The van der Waals surface area contributed by atoms with E-state index in [2.05, 4.69) is 41.7 Å². The highest BCUT2D eigenvalue weighted by molar-refractivity contribution is 9.11. The number of hydrogen-bond donors (Lipinski definition) is 1. The third kappa shape index (κ3) is 3.10. The van der Waals surface area contributed by atoms with Gasteiger partial charge in [0, 0.05) is 17.1 Å². The Morgan fingerprint density at radius 1 is 1.79 bits per heavy atom. The number of carbonyl (C=O) groups excluding carboxylic acids is 1. The van der Waals surface area contributed by atoms with Gasteiger partial charge in [0.05, 0.1) is 12.6 Å². The van der Waals surface area contributed by atoms with Gasteiger partial charge in [0.25, 0.3) is 0 Å². The third-order valence-electron chi connectivity index (χ3n) is 2.19. The zero-order valence-corrected chi connectivity index (χ0v) is 10.3. The standard InChI is InChI=1S/C10H17BrN2O/c1-7(2)12-9-4-5-13(10(9)14)6-8(3)11/h7,9,12H,3-6H2,1-2H3. The minimum Gasteiger partial charge on any atom is -0.336 e. The van der Waals surface area contributed by atoms with Gasteiger partial charge < -0.3 is 10.2 Å². The van der Waals surface area contributed by atoms with E-state index < -0.39 is 0 Å². The Morgan fingerprint density at radius 3 is 2.93 bits per heavy atom. The highest BCUT2D eigenvalue weighted by atomic mass is 79.9. The van der Waals surface area contributed by atoms with Crippen molar-refractivity contribution in [3.8, 4) is 0 Å². The molecule has 1 atom stereocenters. The lowest BCUT2D eigenvalue weighted by molar-refractivity contribution is -0.129. The highest BCUT2D eigenvalue weighted by Gasteiger charge is 2.31. The molecular weight excluding hydrogens is 244 g/mol. The number of amides is 1. The minimum atomic E-state index is 0.00171. The molecule has 1 unspecified atom stereocenters. The molecule has 1 amide bonds. The van der Waals surface area contributed by atoms with Crippen LogP contribution in [0.5, 0.6) is 0 Å². The van der Waals surface area contributed by atoms with Crippen molar-refractivity contribution < 1.29 is 4.79 Å². The molecular formula is C10H17BrN2O. The van der Waals surface area contributed by atoms with Gasteiger partial charge in [-0.15, -0.1) is 0 Å². The third-order valence-corrected chi connectivity index (χ3v) is 2.45. The average molecular weight is 261 g/mol. The smallest absolute Gasteiger partial charge is 0.240 e. The SMILES string of the molecule is C=C(Br)CN1CCC(NC(C)C)C1=O. The summed E-state index contributed by atoms with van der Waals surface area (Å²) >= 11 is 3.27. The normalized spacial score (nSPS) is 22.1. The quantitative estimate of drug-likeness (QED) is 0.831. The second kappa shape index (κ2) is 4.94. The molecule has 4 heteroatoms. The maximum atomic E-state index is 11.8. The molecule has 0 bridgehead atoms. The van der Waals surface area contributed by atoms with Crippen molar-refractivity contribution >= 4 is 21.8 Å². The Kier molecular flexibility index (Phi) is 4.13. The zero-order valence-electron chi connectivity index (χ0n) is 8.72. The molecule has 0 radical (unpaired) electrons. The highest BCUT2D eigenvalue weighted by Crippen LogP contribution is 2.15. The van der Waals surface area contributed by atoms with Gasteiger partial charge >= 0.3 is 0 Å². The first-order valence-electron chi connectivity index (χ1n) is 4.89. The Labute approximate surface area is 93.7 Å². The molecule has 0 aromatic carbocycles. The molecule has 14 heavy (non-hydrogen) atoms. The summed E-state index contributed by atoms with van der Waals surface area (Å²) in [6.45, 7) is 9.30. The molecule has 1 fully saturated rings. The van der Waals surface area contributed by atoms with E-state index in [9.17, 15) is 4.79 Å². The number of halogens is 1. The lowest BCUT2D eigenvalue weighted by atomic mass is 10.2. The van der Waals surface area contributed by atoms with Crippen LogP contribution in [0.2, 0.25) is 0 Å². The molecule has 1 saturated heterocycles. The van der Waals surface area contributed by atoms with Crippen LogP contribution in [-0.4, -0.2) is 36.0 Å².